The van der Waals surface area contributed by atoms with Crippen LogP contribution in [-0.4, -0.2) is 50.0 Å². The molecule has 8 heteroatoms. The summed E-state index contributed by atoms with van der Waals surface area (Å²) in [4.78, 5) is 22.4. The van der Waals surface area contributed by atoms with E-state index in [4.69, 9.17) is 5.11 Å². The van der Waals surface area contributed by atoms with Crippen molar-refractivity contribution < 1.29 is 27.9 Å². The molecule has 7 nitrogen and oxygen atoms in total. The molecule has 1 unspecified atom stereocenters. The van der Waals surface area contributed by atoms with Crippen molar-refractivity contribution in [2.75, 3.05) is 20.2 Å². The van der Waals surface area contributed by atoms with Gasteiger partial charge in [-0.05, 0) is 30.5 Å². The van der Waals surface area contributed by atoms with Crippen molar-refractivity contribution >= 4 is 22.0 Å². The van der Waals surface area contributed by atoms with Gasteiger partial charge in [0.1, 0.15) is 0 Å². The lowest BCUT2D eigenvalue weighted by Gasteiger charge is -2.29. The third kappa shape index (κ3) is 4.29. The number of esters is 1. The Bertz CT molecular complexity index is 682. The molecule has 0 amide bonds. The summed E-state index contributed by atoms with van der Waals surface area (Å²) in [6.07, 6.45) is 1.03. The van der Waals surface area contributed by atoms with Gasteiger partial charge in [-0.3, -0.25) is 4.79 Å². The molecule has 0 spiro atoms. The van der Waals surface area contributed by atoms with E-state index in [9.17, 15) is 18.0 Å². The normalized spacial score (nSPS) is 19.3. The third-order valence-electron chi connectivity index (χ3n) is 3.85. The molecule has 1 aliphatic rings. The molecule has 0 aromatic heterocycles. The van der Waals surface area contributed by atoms with Crippen molar-refractivity contribution in [2.24, 2.45) is 5.92 Å². The topological polar surface area (TPSA) is 101 Å². The number of rotatable bonds is 5. The molecule has 1 heterocycles. The van der Waals surface area contributed by atoms with Crippen LogP contribution >= 0.6 is 0 Å². The lowest BCUT2D eigenvalue weighted by Crippen LogP contribution is -2.42. The first kappa shape index (κ1) is 17.4. The largest absolute Gasteiger partial charge is 0.481 e. The molecule has 0 radical (unpaired) electrons. The number of carboxylic acids is 1. The summed E-state index contributed by atoms with van der Waals surface area (Å²) in [7, 11) is -2.31. The van der Waals surface area contributed by atoms with Crippen LogP contribution in [0.15, 0.2) is 24.3 Å². The molecule has 0 saturated carbocycles. The van der Waals surface area contributed by atoms with Gasteiger partial charge in [0.05, 0.1) is 24.3 Å². The van der Waals surface area contributed by atoms with E-state index in [0.717, 1.165) is 0 Å². The predicted octanol–water partition coefficient (Wildman–Crippen LogP) is 1.10. The van der Waals surface area contributed by atoms with Gasteiger partial charge in [0.25, 0.3) is 0 Å². The predicted molar refractivity (Wildman–Crippen MR) is 82.3 cm³/mol. The van der Waals surface area contributed by atoms with Crippen LogP contribution in [0.4, 0.5) is 0 Å². The van der Waals surface area contributed by atoms with Gasteiger partial charge in [0.15, 0.2) is 0 Å². The molecule has 1 saturated heterocycles. The van der Waals surface area contributed by atoms with Crippen LogP contribution in [0.25, 0.3) is 0 Å². The van der Waals surface area contributed by atoms with Gasteiger partial charge in [0, 0.05) is 13.1 Å². The number of carboxylic acid groups (broad SMARTS) is 1. The van der Waals surface area contributed by atoms with Crippen molar-refractivity contribution in [3.63, 3.8) is 0 Å². The highest BCUT2D eigenvalue weighted by molar-refractivity contribution is 7.88. The molecule has 1 fully saturated rings. The third-order valence-corrected chi connectivity index (χ3v) is 5.67. The first-order valence-corrected chi connectivity index (χ1v) is 8.82. The number of carbonyl (C=O) groups excluding carboxylic acids is 1. The molecule has 1 N–H and O–H groups in total. The zero-order valence-corrected chi connectivity index (χ0v) is 13.6. The van der Waals surface area contributed by atoms with E-state index in [1.807, 2.05) is 0 Å². The van der Waals surface area contributed by atoms with Crippen LogP contribution in [0.5, 0.6) is 0 Å². The van der Waals surface area contributed by atoms with Gasteiger partial charge in [-0.2, -0.15) is 0 Å². The Labute approximate surface area is 134 Å². The minimum atomic E-state index is -3.59. The van der Waals surface area contributed by atoms with Gasteiger partial charge in [-0.1, -0.05) is 12.1 Å². The fourth-order valence-electron chi connectivity index (χ4n) is 2.55. The zero-order valence-electron chi connectivity index (χ0n) is 12.8. The fraction of sp³-hybridized carbons (Fsp3) is 0.467. The van der Waals surface area contributed by atoms with E-state index < -0.39 is 27.9 Å². The molecule has 2 rings (SSSR count). The monoisotopic (exact) mass is 341 g/mol. The van der Waals surface area contributed by atoms with Crippen LogP contribution in [-0.2, 0) is 25.3 Å². The van der Waals surface area contributed by atoms with Gasteiger partial charge < -0.3 is 9.84 Å². The standard InChI is InChI=1S/C15H19NO6S/c1-22-15(19)12-6-4-11(5-7-12)10-23(20,21)16-8-2-3-13(9-16)14(17)18/h4-7,13H,2-3,8-10H2,1H3,(H,17,18). The second kappa shape index (κ2) is 7.10. The highest BCUT2D eigenvalue weighted by atomic mass is 32.2. The van der Waals surface area contributed by atoms with Crippen LogP contribution in [0.2, 0.25) is 0 Å². The number of ether oxygens (including phenoxy) is 1. The Morgan fingerprint density at radius 3 is 2.52 bits per heavy atom. The van der Waals surface area contributed by atoms with Crippen LogP contribution in [0.1, 0.15) is 28.8 Å². The van der Waals surface area contributed by atoms with Crippen molar-refractivity contribution in [3.8, 4) is 0 Å². The molecule has 23 heavy (non-hydrogen) atoms. The van der Waals surface area contributed by atoms with Crippen LogP contribution < -0.4 is 0 Å². The van der Waals surface area contributed by atoms with Crippen molar-refractivity contribution in [3.05, 3.63) is 35.4 Å². The number of sulfonamides is 1. The zero-order chi connectivity index (χ0) is 17.0. The molecule has 1 aromatic carbocycles. The number of benzene rings is 1. The molecule has 0 aliphatic carbocycles. The molecular formula is C15H19NO6S. The lowest BCUT2D eigenvalue weighted by atomic mass is 10.0. The summed E-state index contributed by atoms with van der Waals surface area (Å²) in [5.74, 6) is -2.33. The first-order chi connectivity index (χ1) is 10.8. The van der Waals surface area contributed by atoms with Gasteiger partial charge in [-0.15, -0.1) is 0 Å². The van der Waals surface area contributed by atoms with Gasteiger partial charge >= 0.3 is 11.9 Å². The highest BCUT2D eigenvalue weighted by Crippen LogP contribution is 2.21. The number of hydrogen-bond acceptors (Lipinski definition) is 5. The SMILES string of the molecule is COC(=O)c1ccc(CS(=O)(=O)N2CCCC(C(=O)O)C2)cc1. The second-order valence-electron chi connectivity index (χ2n) is 5.48. The number of piperidine rings is 1. The Balaban J connectivity index is 2.08. The minimum absolute atomic E-state index is 0.0118. The van der Waals surface area contributed by atoms with Crippen molar-refractivity contribution in [1.29, 1.82) is 0 Å². The Kier molecular flexibility index (Phi) is 5.38. The minimum Gasteiger partial charge on any atom is -0.481 e. The van der Waals surface area contributed by atoms with E-state index in [0.29, 0.717) is 30.5 Å². The van der Waals surface area contributed by atoms with Crippen LogP contribution in [0.3, 0.4) is 0 Å². The molecule has 1 atom stereocenters. The number of carbonyl (C=O) groups is 2. The molecule has 1 aromatic rings. The summed E-state index contributed by atoms with van der Waals surface area (Å²) < 4.78 is 30.7. The van der Waals surface area contributed by atoms with E-state index in [-0.39, 0.29) is 12.3 Å². The lowest BCUT2D eigenvalue weighted by molar-refractivity contribution is -0.142. The average Bonchev–Trinajstić information content (AvgIpc) is 2.54. The molecule has 126 valence electrons. The molecule has 1 aliphatic heterocycles. The van der Waals surface area contributed by atoms with Crippen molar-refractivity contribution in [1.82, 2.24) is 4.31 Å². The van der Waals surface area contributed by atoms with Crippen molar-refractivity contribution in [2.45, 2.75) is 18.6 Å². The van der Waals surface area contributed by atoms with E-state index in [1.54, 1.807) is 12.1 Å². The summed E-state index contributed by atoms with van der Waals surface area (Å²) >= 11 is 0. The number of methoxy groups -OCH3 is 1. The molecule has 0 bridgehead atoms. The first-order valence-electron chi connectivity index (χ1n) is 7.21. The van der Waals surface area contributed by atoms with E-state index >= 15 is 0 Å². The van der Waals surface area contributed by atoms with E-state index in [1.165, 1.54) is 23.5 Å². The maximum Gasteiger partial charge on any atom is 0.337 e. The Hall–Kier alpha value is -1.93. The highest BCUT2D eigenvalue weighted by Gasteiger charge is 2.32. The second-order valence-corrected chi connectivity index (χ2v) is 7.45. The number of aliphatic carboxylic acids is 1. The quantitative estimate of drug-likeness (QED) is 0.805. The fourth-order valence-corrected chi connectivity index (χ4v) is 4.16. The average molecular weight is 341 g/mol. The smallest absolute Gasteiger partial charge is 0.337 e. The molecular weight excluding hydrogens is 322 g/mol. The van der Waals surface area contributed by atoms with Gasteiger partial charge in [-0.25, -0.2) is 17.5 Å². The summed E-state index contributed by atoms with van der Waals surface area (Å²) in [5.41, 5.74) is 0.882. The van der Waals surface area contributed by atoms with Crippen LogP contribution in [0, 0.1) is 5.92 Å². The number of hydrogen-bond donors (Lipinski definition) is 1. The maximum atomic E-state index is 12.4. The summed E-state index contributed by atoms with van der Waals surface area (Å²) in [5, 5.41) is 9.05. The Morgan fingerprint density at radius 1 is 1.30 bits per heavy atom. The summed E-state index contributed by atoms with van der Waals surface area (Å²) in [6.45, 7) is 0.351. The van der Waals surface area contributed by atoms with E-state index in [2.05, 4.69) is 4.74 Å². The van der Waals surface area contributed by atoms with Gasteiger partial charge in [0.2, 0.25) is 10.0 Å². The maximum absolute atomic E-state index is 12.4. The number of nitrogens with zero attached hydrogens (tertiary/aromatic N) is 1. The summed E-state index contributed by atoms with van der Waals surface area (Å²) in [6, 6.07) is 6.13. The Morgan fingerprint density at radius 2 is 1.96 bits per heavy atom.